The molecule has 25 heavy (non-hydrogen) atoms. The van der Waals surface area contributed by atoms with E-state index in [4.69, 9.17) is 9.47 Å². The molecule has 8 heteroatoms. The number of nitrogens with zero attached hydrogens (tertiary/aromatic N) is 1. The molecule has 0 unspecified atom stereocenters. The average molecular weight is 350 g/mol. The van der Waals surface area contributed by atoms with Crippen LogP contribution in [0.15, 0.2) is 18.2 Å². The SMILES string of the molecule is COC(=O)c1ccc(OCC(=O)N(C)CC(=O)NC2CC2)c(OC)c1. The lowest BCUT2D eigenvalue weighted by molar-refractivity contribution is -0.136. The van der Waals surface area contributed by atoms with Gasteiger partial charge in [-0.1, -0.05) is 0 Å². The van der Waals surface area contributed by atoms with E-state index in [1.54, 1.807) is 0 Å². The molecular weight excluding hydrogens is 328 g/mol. The number of hydrogen-bond acceptors (Lipinski definition) is 6. The van der Waals surface area contributed by atoms with Crippen LogP contribution in [0.5, 0.6) is 11.5 Å². The van der Waals surface area contributed by atoms with E-state index >= 15 is 0 Å². The molecule has 0 atom stereocenters. The number of hydrogen-bond donors (Lipinski definition) is 1. The third kappa shape index (κ3) is 5.37. The molecule has 136 valence electrons. The zero-order valence-electron chi connectivity index (χ0n) is 14.5. The summed E-state index contributed by atoms with van der Waals surface area (Å²) in [6.07, 6.45) is 1.99. The summed E-state index contributed by atoms with van der Waals surface area (Å²) in [6.45, 7) is -0.266. The van der Waals surface area contributed by atoms with Gasteiger partial charge in [-0.05, 0) is 31.0 Å². The Hall–Kier alpha value is -2.77. The van der Waals surface area contributed by atoms with Crippen molar-refractivity contribution in [1.82, 2.24) is 10.2 Å². The van der Waals surface area contributed by atoms with Crippen molar-refractivity contribution in [1.29, 1.82) is 0 Å². The zero-order chi connectivity index (χ0) is 18.4. The number of nitrogens with one attached hydrogen (secondary N) is 1. The highest BCUT2D eigenvalue weighted by Crippen LogP contribution is 2.28. The molecule has 1 aromatic carbocycles. The molecule has 0 aliphatic heterocycles. The number of amides is 2. The lowest BCUT2D eigenvalue weighted by atomic mass is 10.2. The van der Waals surface area contributed by atoms with Crippen LogP contribution in [0, 0.1) is 0 Å². The van der Waals surface area contributed by atoms with E-state index < -0.39 is 5.97 Å². The van der Waals surface area contributed by atoms with Gasteiger partial charge in [0, 0.05) is 13.1 Å². The highest BCUT2D eigenvalue weighted by atomic mass is 16.5. The molecule has 0 heterocycles. The Bertz CT molecular complexity index is 657. The summed E-state index contributed by atoms with van der Waals surface area (Å²) in [5.41, 5.74) is 0.312. The predicted molar refractivity (Wildman–Crippen MR) is 88.6 cm³/mol. The van der Waals surface area contributed by atoms with E-state index in [2.05, 4.69) is 10.1 Å². The van der Waals surface area contributed by atoms with Crippen molar-refractivity contribution in [2.45, 2.75) is 18.9 Å². The molecule has 1 saturated carbocycles. The summed E-state index contributed by atoms with van der Waals surface area (Å²) < 4.78 is 15.3. The van der Waals surface area contributed by atoms with Crippen molar-refractivity contribution in [3.8, 4) is 11.5 Å². The van der Waals surface area contributed by atoms with Gasteiger partial charge in [0.25, 0.3) is 5.91 Å². The fourth-order valence-corrected chi connectivity index (χ4v) is 2.09. The number of benzene rings is 1. The second kappa shape index (κ2) is 8.36. The number of rotatable bonds is 8. The zero-order valence-corrected chi connectivity index (χ0v) is 14.5. The molecule has 2 amide bonds. The largest absolute Gasteiger partial charge is 0.493 e. The first-order chi connectivity index (χ1) is 11.9. The van der Waals surface area contributed by atoms with Crippen LogP contribution in [0.4, 0.5) is 0 Å². The fourth-order valence-electron chi connectivity index (χ4n) is 2.09. The summed E-state index contributed by atoms with van der Waals surface area (Å²) in [5.74, 6) is -0.394. The number of carbonyl (C=O) groups is 3. The van der Waals surface area contributed by atoms with Crippen LogP contribution < -0.4 is 14.8 Å². The van der Waals surface area contributed by atoms with Crippen LogP contribution in [0.25, 0.3) is 0 Å². The van der Waals surface area contributed by atoms with E-state index in [1.165, 1.54) is 44.4 Å². The number of ether oxygens (including phenoxy) is 3. The monoisotopic (exact) mass is 350 g/mol. The standard InChI is InChI=1S/C17H22N2O6/c1-19(9-15(20)18-12-5-6-12)16(21)10-25-13-7-4-11(17(22)24-3)8-14(13)23-2/h4,7-8,12H,5-6,9-10H2,1-3H3,(H,18,20). The van der Waals surface area contributed by atoms with Gasteiger partial charge >= 0.3 is 5.97 Å². The first kappa shape index (κ1) is 18.6. The van der Waals surface area contributed by atoms with Crippen LogP contribution in [-0.2, 0) is 14.3 Å². The Morgan fingerprint density at radius 1 is 1.20 bits per heavy atom. The first-order valence-electron chi connectivity index (χ1n) is 7.87. The Morgan fingerprint density at radius 2 is 1.92 bits per heavy atom. The minimum atomic E-state index is -0.498. The molecular formula is C17H22N2O6. The van der Waals surface area contributed by atoms with Gasteiger partial charge < -0.3 is 24.4 Å². The molecule has 0 spiro atoms. The van der Waals surface area contributed by atoms with Gasteiger partial charge in [0.2, 0.25) is 5.91 Å². The average Bonchev–Trinajstić information content (AvgIpc) is 3.42. The molecule has 1 aliphatic rings. The van der Waals surface area contributed by atoms with Gasteiger partial charge in [-0.15, -0.1) is 0 Å². The number of esters is 1. The second-order valence-corrected chi connectivity index (χ2v) is 5.74. The Balaban J connectivity index is 1.89. The van der Waals surface area contributed by atoms with Gasteiger partial charge in [-0.3, -0.25) is 9.59 Å². The van der Waals surface area contributed by atoms with Crippen LogP contribution in [0.3, 0.4) is 0 Å². The lowest BCUT2D eigenvalue weighted by Crippen LogP contribution is -2.40. The molecule has 1 aromatic rings. The minimum absolute atomic E-state index is 0.0168. The van der Waals surface area contributed by atoms with Crippen molar-refractivity contribution in [3.63, 3.8) is 0 Å². The topological polar surface area (TPSA) is 94.2 Å². The number of likely N-dealkylation sites (N-methyl/N-ethyl adjacent to an activating group) is 1. The molecule has 1 fully saturated rings. The summed E-state index contributed by atoms with van der Waals surface area (Å²) in [6, 6.07) is 4.77. The molecule has 0 saturated heterocycles. The molecule has 0 aromatic heterocycles. The second-order valence-electron chi connectivity index (χ2n) is 5.74. The molecule has 8 nitrogen and oxygen atoms in total. The van der Waals surface area contributed by atoms with Crippen LogP contribution in [-0.4, -0.2) is 63.1 Å². The maximum atomic E-state index is 12.1. The van der Waals surface area contributed by atoms with Gasteiger partial charge in [0.05, 0.1) is 26.3 Å². The number of methoxy groups -OCH3 is 2. The highest BCUT2D eigenvalue weighted by Gasteiger charge is 2.24. The lowest BCUT2D eigenvalue weighted by Gasteiger charge is -2.18. The van der Waals surface area contributed by atoms with E-state index in [0.29, 0.717) is 17.1 Å². The molecule has 0 bridgehead atoms. The van der Waals surface area contributed by atoms with Gasteiger partial charge in [0.15, 0.2) is 18.1 Å². The van der Waals surface area contributed by atoms with Crippen molar-refractivity contribution >= 4 is 17.8 Å². The van der Waals surface area contributed by atoms with Crippen molar-refractivity contribution in [3.05, 3.63) is 23.8 Å². The Morgan fingerprint density at radius 3 is 2.52 bits per heavy atom. The van der Waals surface area contributed by atoms with Crippen LogP contribution >= 0.6 is 0 Å². The van der Waals surface area contributed by atoms with Crippen molar-refractivity contribution < 1.29 is 28.6 Å². The summed E-state index contributed by atoms with van der Waals surface area (Å²) in [4.78, 5) is 36.6. The number of carbonyl (C=O) groups excluding carboxylic acids is 3. The minimum Gasteiger partial charge on any atom is -0.493 e. The van der Waals surface area contributed by atoms with Crippen molar-refractivity contribution in [2.75, 3.05) is 34.4 Å². The normalized spacial score (nSPS) is 12.9. The Labute approximate surface area is 146 Å². The smallest absolute Gasteiger partial charge is 0.337 e. The summed E-state index contributed by atoms with van der Waals surface area (Å²) >= 11 is 0. The quantitative estimate of drug-likeness (QED) is 0.690. The van der Waals surface area contributed by atoms with Crippen molar-refractivity contribution in [2.24, 2.45) is 0 Å². The highest BCUT2D eigenvalue weighted by molar-refractivity contribution is 5.90. The third-order valence-electron chi connectivity index (χ3n) is 3.68. The molecule has 1 N–H and O–H groups in total. The Kier molecular flexibility index (Phi) is 6.21. The molecule has 2 rings (SSSR count). The van der Waals surface area contributed by atoms with Gasteiger partial charge in [-0.2, -0.15) is 0 Å². The van der Waals surface area contributed by atoms with Crippen LogP contribution in [0.1, 0.15) is 23.2 Å². The first-order valence-corrected chi connectivity index (χ1v) is 7.87. The molecule has 0 radical (unpaired) electrons. The molecule has 1 aliphatic carbocycles. The summed E-state index contributed by atoms with van der Waals surface area (Å²) in [7, 11) is 4.25. The van der Waals surface area contributed by atoms with E-state index in [0.717, 1.165) is 12.8 Å². The van der Waals surface area contributed by atoms with E-state index in [1.807, 2.05) is 0 Å². The van der Waals surface area contributed by atoms with Gasteiger partial charge in [-0.25, -0.2) is 4.79 Å². The summed E-state index contributed by atoms with van der Waals surface area (Å²) in [5, 5.41) is 2.82. The van der Waals surface area contributed by atoms with E-state index in [-0.39, 0.29) is 31.0 Å². The third-order valence-corrected chi connectivity index (χ3v) is 3.68. The predicted octanol–water partition coefficient (Wildman–Crippen LogP) is 0.598. The maximum absolute atomic E-state index is 12.1. The maximum Gasteiger partial charge on any atom is 0.337 e. The fraction of sp³-hybridized carbons (Fsp3) is 0.471. The van der Waals surface area contributed by atoms with Crippen LogP contribution in [0.2, 0.25) is 0 Å². The van der Waals surface area contributed by atoms with Gasteiger partial charge in [0.1, 0.15) is 0 Å². The van der Waals surface area contributed by atoms with E-state index in [9.17, 15) is 14.4 Å².